The molecule has 0 bridgehead atoms. The normalized spacial score (nSPS) is 14.0. The molecule has 0 saturated heterocycles. The Bertz CT molecular complexity index is 1300. The SMILES string of the molecule is COC(=O)c1c(NC(=O)C(C)Sc2cccc(NC(=O)c3cccc(C)c3)c2)sc2c1CCCCCC2. The number of esters is 1. The fourth-order valence-electron chi connectivity index (χ4n) is 4.43. The Morgan fingerprint density at radius 2 is 1.73 bits per heavy atom. The molecule has 2 amide bonds. The van der Waals surface area contributed by atoms with E-state index in [0.29, 0.717) is 21.8 Å². The summed E-state index contributed by atoms with van der Waals surface area (Å²) in [4.78, 5) is 40.5. The van der Waals surface area contributed by atoms with Crippen LogP contribution in [0.25, 0.3) is 0 Å². The van der Waals surface area contributed by atoms with E-state index in [0.717, 1.165) is 48.1 Å². The number of carbonyl (C=O) groups is 3. The fourth-order valence-corrected chi connectivity index (χ4v) is 6.64. The molecule has 1 unspecified atom stereocenters. The number of hydrogen-bond acceptors (Lipinski definition) is 6. The van der Waals surface area contributed by atoms with Gasteiger partial charge in [-0.3, -0.25) is 9.59 Å². The van der Waals surface area contributed by atoms with Crippen LogP contribution in [0.4, 0.5) is 10.7 Å². The fraction of sp³-hybridized carbons (Fsp3) is 0.345. The standard InChI is InChI=1S/C29H32N2O4S2/c1-18-10-8-11-20(16-18)27(33)30-21-12-9-13-22(17-21)36-19(2)26(32)31-28-25(29(34)35-3)23-14-6-4-5-7-15-24(23)37-28/h8-13,16-17,19H,4-7,14-15H2,1-3H3,(H,30,33)(H,31,32). The van der Waals surface area contributed by atoms with Crippen molar-refractivity contribution in [3.8, 4) is 0 Å². The van der Waals surface area contributed by atoms with Crippen LogP contribution in [-0.2, 0) is 22.4 Å². The molecular formula is C29H32N2O4S2. The van der Waals surface area contributed by atoms with Crippen LogP contribution in [-0.4, -0.2) is 30.1 Å². The molecule has 1 atom stereocenters. The Kier molecular flexibility index (Phi) is 9.05. The first-order valence-electron chi connectivity index (χ1n) is 12.5. The van der Waals surface area contributed by atoms with Gasteiger partial charge >= 0.3 is 5.97 Å². The van der Waals surface area contributed by atoms with Crippen molar-refractivity contribution in [2.75, 3.05) is 17.7 Å². The maximum absolute atomic E-state index is 13.2. The number of anilines is 2. The monoisotopic (exact) mass is 536 g/mol. The highest BCUT2D eigenvalue weighted by atomic mass is 32.2. The third-order valence-corrected chi connectivity index (χ3v) is 8.65. The van der Waals surface area contributed by atoms with E-state index >= 15 is 0 Å². The largest absolute Gasteiger partial charge is 0.465 e. The lowest BCUT2D eigenvalue weighted by atomic mass is 9.96. The number of fused-ring (bicyclic) bond motifs is 1. The summed E-state index contributed by atoms with van der Waals surface area (Å²) in [7, 11) is 1.38. The van der Waals surface area contributed by atoms with Crippen molar-refractivity contribution in [3.63, 3.8) is 0 Å². The molecule has 194 valence electrons. The molecule has 2 aromatic carbocycles. The van der Waals surface area contributed by atoms with Gasteiger partial charge in [0.1, 0.15) is 5.00 Å². The topological polar surface area (TPSA) is 84.5 Å². The Morgan fingerprint density at radius 3 is 2.49 bits per heavy atom. The molecule has 1 aliphatic carbocycles. The number of amides is 2. The van der Waals surface area contributed by atoms with Gasteiger partial charge in [-0.25, -0.2) is 4.79 Å². The zero-order valence-electron chi connectivity index (χ0n) is 21.4. The van der Waals surface area contributed by atoms with Crippen LogP contribution >= 0.6 is 23.1 Å². The molecule has 0 fully saturated rings. The van der Waals surface area contributed by atoms with E-state index < -0.39 is 11.2 Å². The first-order chi connectivity index (χ1) is 17.9. The Balaban J connectivity index is 1.45. The number of thioether (sulfide) groups is 1. The maximum atomic E-state index is 13.2. The summed E-state index contributed by atoms with van der Waals surface area (Å²) in [6, 6.07) is 14.9. The van der Waals surface area contributed by atoms with Gasteiger partial charge in [-0.1, -0.05) is 36.6 Å². The highest BCUT2D eigenvalue weighted by molar-refractivity contribution is 8.00. The van der Waals surface area contributed by atoms with E-state index in [-0.39, 0.29) is 11.8 Å². The van der Waals surface area contributed by atoms with Crippen molar-refractivity contribution in [1.82, 2.24) is 0 Å². The van der Waals surface area contributed by atoms with Gasteiger partial charge in [0.2, 0.25) is 5.91 Å². The van der Waals surface area contributed by atoms with Crippen LogP contribution in [0.2, 0.25) is 0 Å². The third-order valence-electron chi connectivity index (χ3n) is 6.35. The van der Waals surface area contributed by atoms with Crippen molar-refractivity contribution in [3.05, 3.63) is 75.7 Å². The number of thiophene rings is 1. The Morgan fingerprint density at radius 1 is 0.973 bits per heavy atom. The van der Waals surface area contributed by atoms with Crippen molar-refractivity contribution >= 4 is 51.6 Å². The summed E-state index contributed by atoms with van der Waals surface area (Å²) in [6.45, 7) is 3.78. The average molecular weight is 537 g/mol. The molecule has 1 aliphatic rings. The number of aryl methyl sites for hydroxylation is 2. The molecule has 0 aliphatic heterocycles. The van der Waals surface area contributed by atoms with E-state index in [1.54, 1.807) is 6.07 Å². The zero-order chi connectivity index (χ0) is 26.4. The van der Waals surface area contributed by atoms with Gasteiger partial charge in [0.15, 0.2) is 0 Å². The summed E-state index contributed by atoms with van der Waals surface area (Å²) < 4.78 is 5.07. The molecule has 1 aromatic heterocycles. The minimum Gasteiger partial charge on any atom is -0.465 e. The number of methoxy groups -OCH3 is 1. The number of nitrogens with one attached hydrogen (secondary N) is 2. The van der Waals surface area contributed by atoms with Crippen molar-refractivity contribution in [2.24, 2.45) is 0 Å². The second-order valence-electron chi connectivity index (χ2n) is 9.21. The zero-order valence-corrected chi connectivity index (χ0v) is 23.0. The molecule has 0 radical (unpaired) electrons. The van der Waals surface area contributed by atoms with Crippen LogP contribution in [0.3, 0.4) is 0 Å². The van der Waals surface area contributed by atoms with Crippen LogP contribution in [0.5, 0.6) is 0 Å². The van der Waals surface area contributed by atoms with E-state index in [2.05, 4.69) is 10.6 Å². The number of rotatable bonds is 7. The van der Waals surface area contributed by atoms with Crippen molar-refractivity contribution in [2.45, 2.75) is 62.5 Å². The van der Waals surface area contributed by atoms with Crippen LogP contribution in [0.1, 0.15) is 69.3 Å². The van der Waals surface area contributed by atoms with Gasteiger partial charge in [0.25, 0.3) is 5.91 Å². The number of benzene rings is 2. The number of carbonyl (C=O) groups excluding carboxylic acids is 3. The highest BCUT2D eigenvalue weighted by Crippen LogP contribution is 2.38. The van der Waals surface area contributed by atoms with E-state index in [1.165, 1.54) is 41.5 Å². The Hall–Kier alpha value is -3.10. The first-order valence-corrected chi connectivity index (χ1v) is 14.2. The predicted molar refractivity (Wildman–Crippen MR) is 151 cm³/mol. The van der Waals surface area contributed by atoms with E-state index in [1.807, 2.05) is 56.3 Å². The van der Waals surface area contributed by atoms with Gasteiger partial charge in [0, 0.05) is 21.0 Å². The van der Waals surface area contributed by atoms with E-state index in [4.69, 9.17) is 4.74 Å². The van der Waals surface area contributed by atoms with Gasteiger partial charge in [-0.2, -0.15) is 0 Å². The summed E-state index contributed by atoms with van der Waals surface area (Å²) in [5.74, 6) is -0.760. The van der Waals surface area contributed by atoms with Gasteiger partial charge in [0.05, 0.1) is 17.9 Å². The minimum absolute atomic E-state index is 0.180. The molecule has 0 saturated carbocycles. The van der Waals surface area contributed by atoms with Gasteiger partial charge in [-0.15, -0.1) is 23.1 Å². The smallest absolute Gasteiger partial charge is 0.341 e. The highest BCUT2D eigenvalue weighted by Gasteiger charge is 2.27. The average Bonchev–Trinajstić information content (AvgIpc) is 3.19. The molecule has 8 heteroatoms. The van der Waals surface area contributed by atoms with Crippen molar-refractivity contribution < 1.29 is 19.1 Å². The molecule has 2 N–H and O–H groups in total. The molecule has 1 heterocycles. The number of hydrogen-bond donors (Lipinski definition) is 2. The molecule has 6 nitrogen and oxygen atoms in total. The van der Waals surface area contributed by atoms with E-state index in [9.17, 15) is 14.4 Å². The van der Waals surface area contributed by atoms with Gasteiger partial charge < -0.3 is 15.4 Å². The lowest BCUT2D eigenvalue weighted by Crippen LogP contribution is -2.23. The summed E-state index contributed by atoms with van der Waals surface area (Å²) in [5.41, 5.74) is 3.82. The minimum atomic E-state index is -0.419. The summed E-state index contributed by atoms with van der Waals surface area (Å²) >= 11 is 2.90. The van der Waals surface area contributed by atoms with Crippen molar-refractivity contribution in [1.29, 1.82) is 0 Å². The van der Waals surface area contributed by atoms with Crippen LogP contribution in [0.15, 0.2) is 53.4 Å². The predicted octanol–water partition coefficient (Wildman–Crippen LogP) is 6.87. The summed E-state index contributed by atoms with van der Waals surface area (Å²) in [5, 5.41) is 6.10. The lowest BCUT2D eigenvalue weighted by Gasteiger charge is -2.14. The van der Waals surface area contributed by atoms with Crippen LogP contribution in [0, 0.1) is 6.92 Å². The molecule has 0 spiro atoms. The summed E-state index contributed by atoms with van der Waals surface area (Å²) in [6.07, 6.45) is 6.21. The Labute approximate surface area is 226 Å². The number of ether oxygens (including phenoxy) is 1. The van der Waals surface area contributed by atoms with Gasteiger partial charge in [-0.05, 0) is 75.4 Å². The van der Waals surface area contributed by atoms with Crippen LogP contribution < -0.4 is 10.6 Å². The third kappa shape index (κ3) is 6.81. The molecule has 3 aromatic rings. The quantitative estimate of drug-likeness (QED) is 0.254. The second kappa shape index (κ2) is 12.4. The lowest BCUT2D eigenvalue weighted by molar-refractivity contribution is -0.115. The first kappa shape index (κ1) is 26.9. The molecule has 4 rings (SSSR count). The molecular weight excluding hydrogens is 504 g/mol. The molecule has 37 heavy (non-hydrogen) atoms. The maximum Gasteiger partial charge on any atom is 0.341 e. The second-order valence-corrected chi connectivity index (χ2v) is 11.7.